The Hall–Kier alpha value is -0.910. The lowest BCUT2D eigenvalue weighted by atomic mass is 10.1. The smallest absolute Gasteiger partial charge is 0.158 e. The van der Waals surface area contributed by atoms with Crippen LogP contribution in [0.2, 0.25) is 0 Å². The van der Waals surface area contributed by atoms with Gasteiger partial charge in [0.1, 0.15) is 5.25 Å². The molecule has 96 valence electrons. The minimum atomic E-state index is -3.47. The van der Waals surface area contributed by atoms with E-state index in [1.54, 1.807) is 24.3 Å². The van der Waals surface area contributed by atoms with Crippen LogP contribution in [0.5, 0.6) is 0 Å². The van der Waals surface area contributed by atoms with Gasteiger partial charge in [-0.2, -0.15) is 0 Å². The van der Waals surface area contributed by atoms with Crippen molar-refractivity contribution in [3.63, 3.8) is 0 Å². The maximum Gasteiger partial charge on any atom is 0.158 e. The topological polar surface area (TPSA) is 74.6 Å². The molecule has 0 amide bonds. The molecule has 2 N–H and O–H groups in total. The van der Waals surface area contributed by atoms with E-state index >= 15 is 0 Å². The Morgan fingerprint density at radius 1 is 1.24 bits per heavy atom. The molecule has 4 nitrogen and oxygen atoms in total. The summed E-state index contributed by atoms with van der Waals surface area (Å²) in [7, 11) is -3.47. The van der Waals surface area contributed by atoms with Gasteiger partial charge >= 0.3 is 0 Å². The molecule has 1 rings (SSSR count). The first kappa shape index (κ1) is 14.2. The molecule has 0 aliphatic rings. The van der Waals surface area contributed by atoms with Crippen LogP contribution in [0.4, 0.5) is 0 Å². The second-order valence-electron chi connectivity index (χ2n) is 4.03. The van der Waals surface area contributed by atoms with E-state index in [1.165, 1.54) is 6.92 Å². The summed E-state index contributed by atoms with van der Waals surface area (Å²) in [5, 5.41) is 18.0. The van der Waals surface area contributed by atoms with E-state index in [1.807, 2.05) is 6.92 Å². The molecule has 0 aromatic heterocycles. The molecule has 17 heavy (non-hydrogen) atoms. The second kappa shape index (κ2) is 5.62. The van der Waals surface area contributed by atoms with Crippen molar-refractivity contribution in [1.29, 1.82) is 0 Å². The van der Waals surface area contributed by atoms with Crippen LogP contribution in [-0.2, 0) is 9.84 Å². The highest BCUT2D eigenvalue weighted by atomic mass is 32.2. The highest BCUT2D eigenvalue weighted by molar-refractivity contribution is 7.92. The summed E-state index contributed by atoms with van der Waals surface area (Å²) in [4.78, 5) is 0. The van der Waals surface area contributed by atoms with Gasteiger partial charge in [-0.25, -0.2) is 8.42 Å². The summed E-state index contributed by atoms with van der Waals surface area (Å²) in [6.07, 6.45) is -1.19. The van der Waals surface area contributed by atoms with Crippen molar-refractivity contribution < 1.29 is 18.6 Å². The monoisotopic (exact) mass is 258 g/mol. The average Bonchev–Trinajstić information content (AvgIpc) is 2.30. The Morgan fingerprint density at radius 2 is 1.76 bits per heavy atom. The molecule has 0 fully saturated rings. The summed E-state index contributed by atoms with van der Waals surface area (Å²) in [6, 6.07) is 6.94. The van der Waals surface area contributed by atoms with Gasteiger partial charge in [0.05, 0.1) is 12.7 Å². The maximum atomic E-state index is 11.7. The third kappa shape index (κ3) is 3.28. The first-order valence-corrected chi connectivity index (χ1v) is 7.21. The van der Waals surface area contributed by atoms with Gasteiger partial charge < -0.3 is 10.2 Å². The van der Waals surface area contributed by atoms with E-state index in [9.17, 15) is 13.5 Å². The molecule has 2 unspecified atom stereocenters. The quantitative estimate of drug-likeness (QED) is 0.820. The highest BCUT2D eigenvalue weighted by Gasteiger charge is 2.31. The van der Waals surface area contributed by atoms with Gasteiger partial charge in [-0.3, -0.25) is 0 Å². The van der Waals surface area contributed by atoms with Crippen molar-refractivity contribution in [2.75, 3.05) is 12.4 Å². The lowest BCUT2D eigenvalue weighted by molar-refractivity contribution is 0.138. The normalized spacial score (nSPS) is 15.5. The minimum Gasteiger partial charge on any atom is -0.395 e. The summed E-state index contributed by atoms with van der Waals surface area (Å²) < 4.78 is 23.4. The molecular formula is C12H18O4S. The van der Waals surface area contributed by atoms with Crippen LogP contribution < -0.4 is 0 Å². The van der Waals surface area contributed by atoms with E-state index in [4.69, 9.17) is 5.11 Å². The number of aliphatic hydroxyl groups excluding tert-OH is 2. The summed E-state index contributed by atoms with van der Waals surface area (Å²) in [5.74, 6) is -0.0961. The maximum absolute atomic E-state index is 11.7. The molecule has 1 aromatic carbocycles. The predicted octanol–water partition coefficient (Wildman–Crippen LogP) is 0.824. The Morgan fingerprint density at radius 3 is 2.18 bits per heavy atom. The standard InChI is InChI=1S/C12H18O4S/c1-3-17(15,16)11(8-13)12(14)10-6-4-9(2)5-7-10/h4-7,11-14H,3,8H2,1-2H3. The minimum absolute atomic E-state index is 0.0961. The molecule has 0 heterocycles. The van der Waals surface area contributed by atoms with Crippen LogP contribution in [0.25, 0.3) is 0 Å². The molecule has 5 heteroatoms. The fourth-order valence-electron chi connectivity index (χ4n) is 1.60. The second-order valence-corrected chi connectivity index (χ2v) is 6.54. The number of benzene rings is 1. The Balaban J connectivity index is 3.02. The number of rotatable bonds is 5. The molecule has 0 spiro atoms. The van der Waals surface area contributed by atoms with Crippen LogP contribution in [0, 0.1) is 6.92 Å². The van der Waals surface area contributed by atoms with Crippen LogP contribution in [0.15, 0.2) is 24.3 Å². The van der Waals surface area contributed by atoms with Gasteiger partial charge in [0.2, 0.25) is 0 Å². The van der Waals surface area contributed by atoms with E-state index in [0.29, 0.717) is 5.56 Å². The van der Waals surface area contributed by atoms with Gasteiger partial charge in [-0.15, -0.1) is 0 Å². The highest BCUT2D eigenvalue weighted by Crippen LogP contribution is 2.22. The fraction of sp³-hybridized carbons (Fsp3) is 0.500. The van der Waals surface area contributed by atoms with E-state index in [0.717, 1.165) is 5.56 Å². The van der Waals surface area contributed by atoms with Gasteiger partial charge in [0.15, 0.2) is 9.84 Å². The largest absolute Gasteiger partial charge is 0.395 e. The van der Waals surface area contributed by atoms with Gasteiger partial charge in [0.25, 0.3) is 0 Å². The van der Waals surface area contributed by atoms with Crippen molar-refractivity contribution in [3.05, 3.63) is 35.4 Å². The SMILES string of the molecule is CCS(=O)(=O)C(CO)C(O)c1ccc(C)cc1. The number of hydrogen-bond acceptors (Lipinski definition) is 4. The van der Waals surface area contributed by atoms with Crippen molar-refractivity contribution >= 4 is 9.84 Å². The molecule has 0 radical (unpaired) electrons. The molecule has 1 aromatic rings. The molecule has 0 saturated heterocycles. The molecule has 0 bridgehead atoms. The zero-order valence-corrected chi connectivity index (χ0v) is 10.8. The van der Waals surface area contributed by atoms with Crippen LogP contribution in [0.3, 0.4) is 0 Å². The molecule has 0 aliphatic heterocycles. The average molecular weight is 258 g/mol. The molecule has 2 atom stereocenters. The van der Waals surface area contributed by atoms with Crippen molar-refractivity contribution in [1.82, 2.24) is 0 Å². The fourth-order valence-corrected chi connectivity index (χ4v) is 2.81. The van der Waals surface area contributed by atoms with Crippen LogP contribution in [0.1, 0.15) is 24.2 Å². The van der Waals surface area contributed by atoms with Crippen molar-refractivity contribution in [3.8, 4) is 0 Å². The summed E-state index contributed by atoms with van der Waals surface area (Å²) >= 11 is 0. The number of sulfone groups is 1. The number of hydrogen-bond donors (Lipinski definition) is 2. The van der Waals surface area contributed by atoms with Crippen molar-refractivity contribution in [2.24, 2.45) is 0 Å². The van der Waals surface area contributed by atoms with E-state index < -0.39 is 27.8 Å². The Kier molecular flexibility index (Phi) is 4.68. The summed E-state index contributed by atoms with van der Waals surface area (Å²) in [6.45, 7) is 2.83. The van der Waals surface area contributed by atoms with Gasteiger partial charge in [0, 0.05) is 5.75 Å². The van der Waals surface area contributed by atoms with Gasteiger partial charge in [-0.1, -0.05) is 36.8 Å². The predicted molar refractivity (Wildman–Crippen MR) is 66.5 cm³/mol. The third-order valence-electron chi connectivity index (χ3n) is 2.81. The number of aryl methyl sites for hydroxylation is 1. The lowest BCUT2D eigenvalue weighted by Gasteiger charge is -2.20. The van der Waals surface area contributed by atoms with E-state index in [2.05, 4.69) is 0 Å². The van der Waals surface area contributed by atoms with Crippen LogP contribution in [-0.4, -0.2) is 36.2 Å². The Labute approximate surface area is 102 Å². The zero-order chi connectivity index (χ0) is 13.1. The lowest BCUT2D eigenvalue weighted by Crippen LogP contribution is -2.33. The first-order chi connectivity index (χ1) is 7.92. The summed E-state index contributed by atoms with van der Waals surface area (Å²) in [5.41, 5.74) is 1.53. The molecule has 0 saturated carbocycles. The third-order valence-corrected chi connectivity index (χ3v) is 4.95. The van der Waals surface area contributed by atoms with Gasteiger partial charge in [-0.05, 0) is 12.5 Å². The Bertz CT molecular complexity index is 450. The van der Waals surface area contributed by atoms with Crippen molar-refractivity contribution in [2.45, 2.75) is 25.2 Å². The molecular weight excluding hydrogens is 240 g/mol. The zero-order valence-electron chi connectivity index (χ0n) is 10.00. The van der Waals surface area contributed by atoms with Crippen LogP contribution >= 0.6 is 0 Å². The first-order valence-electron chi connectivity index (χ1n) is 5.49. The number of aliphatic hydroxyl groups is 2. The molecule has 0 aliphatic carbocycles. The van der Waals surface area contributed by atoms with E-state index in [-0.39, 0.29) is 5.75 Å².